The predicted octanol–water partition coefficient (Wildman–Crippen LogP) is 0.980. The average Bonchev–Trinajstić information content (AvgIpc) is 3.48. The van der Waals surface area contributed by atoms with Crippen LogP contribution in [0.4, 0.5) is 0 Å². The van der Waals surface area contributed by atoms with Crippen LogP contribution in [0.1, 0.15) is 29.8 Å². The molecular formula is C20H25N9O2. The number of hydrogen-bond donors (Lipinski definition) is 4. The van der Waals surface area contributed by atoms with Gasteiger partial charge in [0.1, 0.15) is 12.4 Å². The normalized spacial score (nSPS) is 18.1. The van der Waals surface area contributed by atoms with E-state index in [4.69, 9.17) is 4.99 Å². The molecule has 0 radical (unpaired) electrons. The van der Waals surface area contributed by atoms with E-state index in [1.807, 2.05) is 24.9 Å². The van der Waals surface area contributed by atoms with Crippen molar-refractivity contribution < 1.29 is 5.11 Å². The molecule has 162 valence electrons. The third-order valence-corrected chi connectivity index (χ3v) is 4.71. The Kier molecular flexibility index (Phi) is 5.83. The molecule has 0 aromatic carbocycles. The molecule has 0 atom stereocenters. The minimum absolute atomic E-state index is 0.216. The molecule has 0 amide bonds. The molecule has 4 rings (SSSR count). The number of rotatable bonds is 6. The third-order valence-electron chi connectivity index (χ3n) is 4.71. The van der Waals surface area contributed by atoms with Gasteiger partial charge in [0, 0.05) is 31.7 Å². The summed E-state index contributed by atoms with van der Waals surface area (Å²) in [5, 5.41) is 18.9. The zero-order valence-corrected chi connectivity index (χ0v) is 17.4. The van der Waals surface area contributed by atoms with Crippen molar-refractivity contribution in [1.29, 1.82) is 0 Å². The number of hydrazone groups is 1. The van der Waals surface area contributed by atoms with Crippen molar-refractivity contribution in [3.63, 3.8) is 0 Å². The number of allylic oxidation sites excluding steroid dienone is 1. The first-order valence-corrected chi connectivity index (χ1v) is 9.99. The van der Waals surface area contributed by atoms with E-state index in [9.17, 15) is 9.90 Å². The monoisotopic (exact) mass is 423 g/mol. The van der Waals surface area contributed by atoms with E-state index in [0.717, 1.165) is 30.1 Å². The van der Waals surface area contributed by atoms with Gasteiger partial charge in [-0.05, 0) is 49.6 Å². The summed E-state index contributed by atoms with van der Waals surface area (Å²) >= 11 is 0. The van der Waals surface area contributed by atoms with Crippen molar-refractivity contribution in [2.45, 2.75) is 32.4 Å². The minimum atomic E-state index is -0.471. The Balaban J connectivity index is 1.44. The summed E-state index contributed by atoms with van der Waals surface area (Å²) in [4.78, 5) is 31.5. The molecule has 1 fully saturated rings. The average molecular weight is 423 g/mol. The molecule has 11 nitrogen and oxygen atoms in total. The van der Waals surface area contributed by atoms with Gasteiger partial charge in [-0.25, -0.2) is 19.8 Å². The lowest BCUT2D eigenvalue weighted by Crippen LogP contribution is -2.51. The fourth-order valence-corrected chi connectivity index (χ4v) is 3.01. The molecule has 3 heterocycles. The Morgan fingerprint density at radius 1 is 1.39 bits per heavy atom. The number of aromatic hydroxyl groups is 1. The smallest absolute Gasteiger partial charge is 0.326 e. The number of aromatic nitrogens is 3. The fraction of sp³-hybridized carbons (Fsp3) is 0.350. The number of aliphatic imine (C=N–C) groups is 2. The number of aryl methyl sites for hydroxylation is 1. The molecule has 11 heteroatoms. The number of nitrogens with zero attached hydrogens (tertiary/aromatic N) is 6. The third kappa shape index (κ3) is 5.38. The zero-order chi connectivity index (χ0) is 21.8. The zero-order valence-electron chi connectivity index (χ0n) is 17.4. The van der Waals surface area contributed by atoms with Crippen molar-refractivity contribution in [1.82, 2.24) is 30.2 Å². The Labute approximate surface area is 178 Å². The molecule has 31 heavy (non-hydrogen) atoms. The highest BCUT2D eigenvalue weighted by atomic mass is 16.3. The van der Waals surface area contributed by atoms with Gasteiger partial charge in [-0.3, -0.25) is 15.3 Å². The van der Waals surface area contributed by atoms with Crippen LogP contribution in [0.3, 0.4) is 0 Å². The molecule has 4 N–H and O–H groups in total. The molecule has 1 saturated carbocycles. The predicted molar refractivity (Wildman–Crippen MR) is 119 cm³/mol. The Morgan fingerprint density at radius 2 is 2.23 bits per heavy atom. The SMILES string of the molecule is Cc1cc(CN(C)C2=NCN(N=C/C=C/c3[nH]c(=O)[nH]c3O)C(=NC3CC3)N2)ccn1. The second kappa shape index (κ2) is 8.86. The molecule has 1 aliphatic heterocycles. The van der Waals surface area contributed by atoms with E-state index in [2.05, 4.69) is 36.4 Å². The maximum absolute atomic E-state index is 11.2. The minimum Gasteiger partial charge on any atom is -0.493 e. The Morgan fingerprint density at radius 3 is 2.94 bits per heavy atom. The Bertz CT molecular complexity index is 1110. The molecule has 0 bridgehead atoms. The summed E-state index contributed by atoms with van der Waals surface area (Å²) in [6, 6.07) is 4.35. The first-order chi connectivity index (χ1) is 15.0. The van der Waals surface area contributed by atoms with Gasteiger partial charge in [0.05, 0.1) is 6.04 Å². The standard InChI is InChI=1S/C20H25N9O2/c1-13-10-14(7-9-21-13)11-28(2)18-22-12-29(19(27-18)24-15-5-6-15)23-8-3-4-16-17(30)26-20(31)25-16/h3-4,7-10,15,30H,5-6,11-12H2,1-2H3,(H,22,24,27)(H2,25,26,31)/b4-3+,23-8?. The summed E-state index contributed by atoms with van der Waals surface area (Å²) in [6.45, 7) is 2.99. The number of imidazole rings is 1. The van der Waals surface area contributed by atoms with Crippen molar-refractivity contribution >= 4 is 24.2 Å². The Hall–Kier alpha value is -3.89. The topological polar surface area (TPSA) is 137 Å². The lowest BCUT2D eigenvalue weighted by molar-refractivity contribution is 0.408. The van der Waals surface area contributed by atoms with Crippen LogP contribution < -0.4 is 11.0 Å². The van der Waals surface area contributed by atoms with Gasteiger partial charge in [0.15, 0.2) is 0 Å². The lowest BCUT2D eigenvalue weighted by atomic mass is 10.2. The number of hydrogen-bond acceptors (Lipinski definition) is 7. The maximum Gasteiger partial charge on any atom is 0.326 e. The molecule has 2 aliphatic rings. The van der Waals surface area contributed by atoms with Crippen LogP contribution >= 0.6 is 0 Å². The van der Waals surface area contributed by atoms with Crippen LogP contribution in [-0.4, -0.2) is 67.9 Å². The van der Waals surface area contributed by atoms with Gasteiger partial charge in [0.25, 0.3) is 0 Å². The van der Waals surface area contributed by atoms with Gasteiger partial charge < -0.3 is 15.0 Å². The van der Waals surface area contributed by atoms with Crippen LogP contribution in [0, 0.1) is 6.92 Å². The molecule has 0 saturated heterocycles. The highest BCUT2D eigenvalue weighted by Gasteiger charge is 2.26. The highest BCUT2D eigenvalue weighted by Crippen LogP contribution is 2.24. The van der Waals surface area contributed by atoms with Crippen LogP contribution in [0.15, 0.2) is 44.3 Å². The molecule has 2 aromatic rings. The summed E-state index contributed by atoms with van der Waals surface area (Å²) in [5.74, 6) is 1.16. The summed E-state index contributed by atoms with van der Waals surface area (Å²) in [5.41, 5.74) is 1.94. The van der Waals surface area contributed by atoms with Crippen LogP contribution in [0.25, 0.3) is 6.08 Å². The van der Waals surface area contributed by atoms with E-state index < -0.39 is 5.69 Å². The van der Waals surface area contributed by atoms with Gasteiger partial charge in [-0.15, -0.1) is 0 Å². The van der Waals surface area contributed by atoms with Crippen LogP contribution in [0.5, 0.6) is 5.88 Å². The van der Waals surface area contributed by atoms with E-state index in [0.29, 0.717) is 25.2 Å². The fourth-order valence-electron chi connectivity index (χ4n) is 3.01. The first-order valence-electron chi connectivity index (χ1n) is 9.99. The number of pyridine rings is 1. The molecular weight excluding hydrogens is 398 g/mol. The molecule has 1 aliphatic carbocycles. The maximum atomic E-state index is 11.2. The van der Waals surface area contributed by atoms with Crippen molar-refractivity contribution in [3.05, 3.63) is 51.8 Å². The van der Waals surface area contributed by atoms with Gasteiger partial charge in [0.2, 0.25) is 17.8 Å². The van der Waals surface area contributed by atoms with Crippen molar-refractivity contribution in [2.24, 2.45) is 15.1 Å². The van der Waals surface area contributed by atoms with E-state index >= 15 is 0 Å². The lowest BCUT2D eigenvalue weighted by Gasteiger charge is -2.30. The summed E-state index contributed by atoms with van der Waals surface area (Å²) in [6.07, 6.45) is 8.67. The first kappa shape index (κ1) is 20.4. The molecule has 0 spiro atoms. The summed E-state index contributed by atoms with van der Waals surface area (Å²) < 4.78 is 0. The van der Waals surface area contributed by atoms with E-state index in [1.54, 1.807) is 29.6 Å². The number of nitrogens with one attached hydrogen (secondary N) is 3. The van der Waals surface area contributed by atoms with Crippen molar-refractivity contribution in [2.75, 3.05) is 13.7 Å². The largest absolute Gasteiger partial charge is 0.493 e. The van der Waals surface area contributed by atoms with Crippen molar-refractivity contribution in [3.8, 4) is 5.88 Å². The second-order valence-corrected chi connectivity index (χ2v) is 7.46. The van der Waals surface area contributed by atoms with Crippen LogP contribution in [-0.2, 0) is 6.54 Å². The molecule has 0 unspecified atom stereocenters. The number of guanidine groups is 2. The number of H-pyrrole nitrogens is 2. The van der Waals surface area contributed by atoms with E-state index in [-0.39, 0.29) is 11.6 Å². The van der Waals surface area contributed by atoms with Crippen LogP contribution in [0.2, 0.25) is 0 Å². The summed E-state index contributed by atoms with van der Waals surface area (Å²) in [7, 11) is 1.97. The van der Waals surface area contributed by atoms with E-state index in [1.165, 1.54) is 0 Å². The highest BCUT2D eigenvalue weighted by molar-refractivity contribution is 6.00. The van der Waals surface area contributed by atoms with Gasteiger partial charge in [-0.1, -0.05) is 0 Å². The molecule has 2 aromatic heterocycles. The van der Waals surface area contributed by atoms with Gasteiger partial charge in [-0.2, -0.15) is 5.10 Å². The quantitative estimate of drug-likeness (QED) is 0.511. The second-order valence-electron chi connectivity index (χ2n) is 7.46. The van der Waals surface area contributed by atoms with Gasteiger partial charge >= 0.3 is 5.69 Å². The number of aromatic amines is 2.